The average Bonchev–Trinajstić information content (AvgIpc) is 3.07. The van der Waals surface area contributed by atoms with Crippen LogP contribution in [0.2, 0.25) is 5.15 Å². The lowest BCUT2D eigenvalue weighted by Crippen LogP contribution is -2.42. The highest BCUT2D eigenvalue weighted by atomic mass is 35.5. The van der Waals surface area contributed by atoms with Crippen LogP contribution in [0.4, 0.5) is 0 Å². The smallest absolute Gasteiger partial charge is 0.224 e. The number of pyridine rings is 1. The molecule has 1 aliphatic rings. The minimum atomic E-state index is 0.0268. The van der Waals surface area contributed by atoms with E-state index in [0.717, 1.165) is 43.8 Å². The predicted octanol–water partition coefficient (Wildman–Crippen LogP) is 2.86. The summed E-state index contributed by atoms with van der Waals surface area (Å²) >= 11 is 5.76. The van der Waals surface area contributed by atoms with Gasteiger partial charge in [-0.1, -0.05) is 17.7 Å². The van der Waals surface area contributed by atoms with E-state index in [9.17, 15) is 4.79 Å². The summed E-state index contributed by atoms with van der Waals surface area (Å²) in [6, 6.07) is 7.47. The minimum absolute atomic E-state index is 0.0268. The van der Waals surface area contributed by atoms with Crippen molar-refractivity contribution >= 4 is 17.5 Å². The van der Waals surface area contributed by atoms with Crippen molar-refractivity contribution in [3.63, 3.8) is 0 Å². The van der Waals surface area contributed by atoms with Gasteiger partial charge < -0.3 is 9.73 Å². The first-order valence-corrected chi connectivity index (χ1v) is 8.21. The zero-order valence-corrected chi connectivity index (χ0v) is 13.6. The lowest BCUT2D eigenvalue weighted by Gasteiger charge is -2.31. The fraction of sp³-hybridized carbons (Fsp3) is 0.412. The van der Waals surface area contributed by atoms with Gasteiger partial charge in [-0.3, -0.25) is 9.69 Å². The van der Waals surface area contributed by atoms with Gasteiger partial charge in [-0.15, -0.1) is 0 Å². The van der Waals surface area contributed by atoms with Crippen LogP contribution >= 0.6 is 11.6 Å². The Balaban J connectivity index is 1.49. The summed E-state index contributed by atoms with van der Waals surface area (Å²) < 4.78 is 5.39. The molecule has 0 aliphatic carbocycles. The van der Waals surface area contributed by atoms with Gasteiger partial charge in [0.15, 0.2) is 0 Å². The molecule has 1 unspecified atom stereocenters. The van der Waals surface area contributed by atoms with Gasteiger partial charge in [0.2, 0.25) is 5.91 Å². The van der Waals surface area contributed by atoms with E-state index in [4.69, 9.17) is 16.0 Å². The topological polar surface area (TPSA) is 58.4 Å². The Morgan fingerprint density at radius 1 is 1.43 bits per heavy atom. The molecule has 1 aliphatic heterocycles. The number of hydrogen-bond acceptors (Lipinski definition) is 4. The van der Waals surface area contributed by atoms with Gasteiger partial charge in [0.25, 0.3) is 0 Å². The number of likely N-dealkylation sites (tertiary alicyclic amines) is 1. The fourth-order valence-electron chi connectivity index (χ4n) is 2.88. The van der Waals surface area contributed by atoms with Gasteiger partial charge in [0.1, 0.15) is 10.9 Å². The van der Waals surface area contributed by atoms with Crippen LogP contribution < -0.4 is 5.32 Å². The van der Waals surface area contributed by atoms with Gasteiger partial charge in [-0.25, -0.2) is 4.98 Å². The van der Waals surface area contributed by atoms with E-state index in [0.29, 0.717) is 11.7 Å². The Hall–Kier alpha value is -1.85. The van der Waals surface area contributed by atoms with Crippen LogP contribution in [0.15, 0.2) is 41.1 Å². The SMILES string of the molecule is O=C(NCc1ccc(Cl)nc1)C1CCCN(Cc2ccco2)C1. The zero-order chi connectivity index (χ0) is 16.1. The lowest BCUT2D eigenvalue weighted by molar-refractivity contribution is -0.127. The highest BCUT2D eigenvalue weighted by Gasteiger charge is 2.25. The first-order valence-electron chi connectivity index (χ1n) is 7.83. The van der Waals surface area contributed by atoms with E-state index >= 15 is 0 Å². The molecule has 5 nitrogen and oxygen atoms in total. The molecule has 2 aromatic heterocycles. The largest absolute Gasteiger partial charge is 0.468 e. The average molecular weight is 334 g/mol. The van der Waals surface area contributed by atoms with E-state index in [1.165, 1.54) is 0 Å². The number of nitrogens with zero attached hydrogens (tertiary/aromatic N) is 2. The van der Waals surface area contributed by atoms with E-state index in [2.05, 4.69) is 15.2 Å². The van der Waals surface area contributed by atoms with Crippen molar-refractivity contribution in [1.29, 1.82) is 0 Å². The summed E-state index contributed by atoms with van der Waals surface area (Å²) in [5.41, 5.74) is 0.950. The molecule has 122 valence electrons. The van der Waals surface area contributed by atoms with Crippen molar-refractivity contribution < 1.29 is 9.21 Å². The number of carbonyl (C=O) groups excluding carboxylic acids is 1. The minimum Gasteiger partial charge on any atom is -0.468 e. The van der Waals surface area contributed by atoms with Gasteiger partial charge >= 0.3 is 0 Å². The number of carbonyl (C=O) groups is 1. The van der Waals surface area contributed by atoms with Gasteiger partial charge in [0.05, 0.1) is 18.7 Å². The molecule has 23 heavy (non-hydrogen) atoms. The van der Waals surface area contributed by atoms with Gasteiger partial charge in [0, 0.05) is 19.3 Å². The summed E-state index contributed by atoms with van der Waals surface area (Å²) in [5.74, 6) is 1.07. The number of nitrogens with one attached hydrogen (secondary N) is 1. The van der Waals surface area contributed by atoms with Crippen molar-refractivity contribution in [3.05, 3.63) is 53.2 Å². The third-order valence-electron chi connectivity index (χ3n) is 4.09. The third kappa shape index (κ3) is 4.56. The summed E-state index contributed by atoms with van der Waals surface area (Å²) in [7, 11) is 0. The van der Waals surface area contributed by atoms with Crippen LogP contribution in [0.25, 0.3) is 0 Å². The van der Waals surface area contributed by atoms with Crippen molar-refractivity contribution in [1.82, 2.24) is 15.2 Å². The van der Waals surface area contributed by atoms with Crippen LogP contribution in [-0.2, 0) is 17.9 Å². The van der Waals surface area contributed by atoms with Crippen LogP contribution in [0.3, 0.4) is 0 Å². The Morgan fingerprint density at radius 2 is 2.35 bits per heavy atom. The number of rotatable bonds is 5. The molecule has 2 aromatic rings. The molecular weight excluding hydrogens is 314 g/mol. The van der Waals surface area contributed by atoms with Crippen molar-refractivity contribution in [2.75, 3.05) is 13.1 Å². The summed E-state index contributed by atoms with van der Waals surface area (Å²) in [4.78, 5) is 18.7. The molecule has 1 N–H and O–H groups in total. The number of halogens is 1. The van der Waals surface area contributed by atoms with Crippen molar-refractivity contribution in [3.8, 4) is 0 Å². The number of aromatic nitrogens is 1. The van der Waals surface area contributed by atoms with Crippen LogP contribution in [-0.4, -0.2) is 28.9 Å². The van der Waals surface area contributed by atoms with Crippen molar-refractivity contribution in [2.24, 2.45) is 5.92 Å². The normalized spacial score (nSPS) is 18.7. The molecule has 1 saturated heterocycles. The second-order valence-electron chi connectivity index (χ2n) is 5.86. The summed E-state index contributed by atoms with van der Waals surface area (Å²) in [5, 5.41) is 3.45. The highest BCUT2D eigenvalue weighted by molar-refractivity contribution is 6.29. The molecule has 1 fully saturated rings. The molecule has 3 rings (SSSR count). The van der Waals surface area contributed by atoms with E-state index < -0.39 is 0 Å². The number of furan rings is 1. The first kappa shape index (κ1) is 16.0. The van der Waals surface area contributed by atoms with E-state index in [1.54, 1.807) is 18.5 Å². The monoisotopic (exact) mass is 333 g/mol. The van der Waals surface area contributed by atoms with Crippen molar-refractivity contribution in [2.45, 2.75) is 25.9 Å². The Bertz CT molecular complexity index is 628. The molecule has 0 aromatic carbocycles. The van der Waals surface area contributed by atoms with Crippen LogP contribution in [0, 0.1) is 5.92 Å². The van der Waals surface area contributed by atoms with Crippen LogP contribution in [0.5, 0.6) is 0 Å². The molecule has 0 radical (unpaired) electrons. The Labute approximate surface area is 140 Å². The molecular formula is C17H20ClN3O2. The molecule has 6 heteroatoms. The molecule has 0 saturated carbocycles. The molecule has 1 amide bonds. The summed E-state index contributed by atoms with van der Waals surface area (Å²) in [6.45, 7) is 3.02. The number of hydrogen-bond donors (Lipinski definition) is 1. The highest BCUT2D eigenvalue weighted by Crippen LogP contribution is 2.19. The summed E-state index contributed by atoms with van der Waals surface area (Å²) in [6.07, 6.45) is 5.33. The Morgan fingerprint density at radius 3 is 3.09 bits per heavy atom. The predicted molar refractivity (Wildman–Crippen MR) is 87.8 cm³/mol. The maximum Gasteiger partial charge on any atom is 0.224 e. The number of amides is 1. The quantitative estimate of drug-likeness (QED) is 0.855. The van der Waals surface area contributed by atoms with E-state index in [-0.39, 0.29) is 11.8 Å². The molecule has 0 spiro atoms. The fourth-order valence-corrected chi connectivity index (χ4v) is 2.99. The third-order valence-corrected chi connectivity index (χ3v) is 4.31. The van der Waals surface area contributed by atoms with Gasteiger partial charge in [-0.05, 0) is 43.1 Å². The van der Waals surface area contributed by atoms with Gasteiger partial charge in [-0.2, -0.15) is 0 Å². The maximum atomic E-state index is 12.4. The van der Waals surface area contributed by atoms with Crippen LogP contribution in [0.1, 0.15) is 24.2 Å². The van der Waals surface area contributed by atoms with E-state index in [1.807, 2.05) is 18.2 Å². The second-order valence-corrected chi connectivity index (χ2v) is 6.25. The standard InChI is InChI=1S/C17H20ClN3O2/c18-16-6-5-13(9-19-16)10-20-17(22)14-3-1-7-21(11-14)12-15-4-2-8-23-15/h2,4-6,8-9,14H,1,3,7,10-12H2,(H,20,22). The molecule has 3 heterocycles. The maximum absolute atomic E-state index is 12.4. The lowest BCUT2D eigenvalue weighted by atomic mass is 9.97. The Kier molecular flexibility index (Phi) is 5.31. The first-order chi connectivity index (χ1) is 11.2. The number of piperidine rings is 1. The molecule has 0 bridgehead atoms. The zero-order valence-electron chi connectivity index (χ0n) is 12.9. The molecule has 1 atom stereocenters. The second kappa shape index (κ2) is 7.62.